The van der Waals surface area contributed by atoms with Crippen LogP contribution in [0, 0.1) is 11.8 Å². The molecule has 2 aliphatic carbocycles. The summed E-state index contributed by atoms with van der Waals surface area (Å²) in [6.07, 6.45) is 11.3. The topological polar surface area (TPSA) is 29.3 Å². The second kappa shape index (κ2) is 6.75. The lowest BCUT2D eigenvalue weighted by Crippen LogP contribution is -2.44. The number of hydrogen-bond acceptors (Lipinski definition) is 2. The third-order valence-corrected chi connectivity index (χ3v) is 4.59. The van der Waals surface area contributed by atoms with E-state index in [-0.39, 0.29) is 0 Å². The largest absolute Gasteiger partial charge is 0.330 e. The third-order valence-electron chi connectivity index (χ3n) is 4.59. The van der Waals surface area contributed by atoms with Crippen LogP contribution in [0.3, 0.4) is 0 Å². The van der Waals surface area contributed by atoms with Gasteiger partial charge in [-0.1, -0.05) is 26.2 Å². The van der Waals surface area contributed by atoms with Gasteiger partial charge in [0.2, 0.25) is 0 Å². The highest BCUT2D eigenvalue weighted by Crippen LogP contribution is 2.33. The van der Waals surface area contributed by atoms with Gasteiger partial charge in [-0.25, -0.2) is 0 Å². The van der Waals surface area contributed by atoms with Crippen LogP contribution in [0.5, 0.6) is 0 Å². The average Bonchev–Trinajstić information content (AvgIpc) is 3.14. The van der Waals surface area contributed by atoms with Gasteiger partial charge in [-0.2, -0.15) is 0 Å². The van der Waals surface area contributed by atoms with Crippen molar-refractivity contribution < 1.29 is 0 Å². The lowest BCUT2D eigenvalue weighted by molar-refractivity contribution is 0.129. The average molecular weight is 238 g/mol. The van der Waals surface area contributed by atoms with Crippen molar-refractivity contribution in [3.8, 4) is 0 Å². The van der Waals surface area contributed by atoms with Gasteiger partial charge in [0.25, 0.3) is 0 Å². The molecule has 2 N–H and O–H groups in total. The quantitative estimate of drug-likeness (QED) is 0.721. The molecule has 0 spiro atoms. The molecule has 2 unspecified atom stereocenters. The maximum absolute atomic E-state index is 6.02. The zero-order valence-electron chi connectivity index (χ0n) is 11.5. The molecule has 0 aromatic carbocycles. The molecular weight excluding hydrogens is 208 g/mol. The highest BCUT2D eigenvalue weighted by atomic mass is 15.2. The molecule has 2 fully saturated rings. The van der Waals surface area contributed by atoms with Crippen molar-refractivity contribution in [1.82, 2.24) is 4.90 Å². The smallest absolute Gasteiger partial charge is 0.0136 e. The van der Waals surface area contributed by atoms with Gasteiger partial charge in [-0.3, -0.25) is 4.90 Å². The van der Waals surface area contributed by atoms with Gasteiger partial charge in [0.15, 0.2) is 0 Å². The van der Waals surface area contributed by atoms with Gasteiger partial charge in [-0.15, -0.1) is 0 Å². The van der Waals surface area contributed by atoms with Crippen molar-refractivity contribution in [2.75, 3.05) is 19.6 Å². The molecule has 17 heavy (non-hydrogen) atoms. The minimum atomic E-state index is 0.766. The molecule has 0 radical (unpaired) electrons. The molecule has 0 aromatic rings. The Morgan fingerprint density at radius 1 is 1.06 bits per heavy atom. The number of rotatable bonds is 6. The molecule has 0 amide bonds. The predicted molar refractivity (Wildman–Crippen MR) is 74.0 cm³/mol. The Balaban J connectivity index is 1.95. The Hall–Kier alpha value is -0.0800. The Kier molecular flexibility index (Phi) is 5.30. The van der Waals surface area contributed by atoms with Gasteiger partial charge >= 0.3 is 0 Å². The van der Waals surface area contributed by atoms with Crippen LogP contribution in [0.25, 0.3) is 0 Å². The zero-order chi connectivity index (χ0) is 12.1. The SMILES string of the molecule is CCCN(CC1CC1)C1CCCCCC1CN. The highest BCUT2D eigenvalue weighted by Gasteiger charge is 2.31. The van der Waals surface area contributed by atoms with Gasteiger partial charge in [-0.05, 0) is 57.0 Å². The van der Waals surface area contributed by atoms with Crippen molar-refractivity contribution in [2.24, 2.45) is 17.6 Å². The van der Waals surface area contributed by atoms with Gasteiger partial charge in [0.05, 0.1) is 0 Å². The maximum Gasteiger partial charge on any atom is 0.0136 e. The Bertz CT molecular complexity index is 213. The Morgan fingerprint density at radius 2 is 1.82 bits per heavy atom. The van der Waals surface area contributed by atoms with Crippen LogP contribution in [0.2, 0.25) is 0 Å². The van der Waals surface area contributed by atoms with Crippen LogP contribution in [0.15, 0.2) is 0 Å². The molecule has 2 saturated carbocycles. The molecular formula is C15H30N2. The Morgan fingerprint density at radius 3 is 2.47 bits per heavy atom. The van der Waals surface area contributed by atoms with Gasteiger partial charge in [0, 0.05) is 12.6 Å². The van der Waals surface area contributed by atoms with Crippen LogP contribution in [0.1, 0.15) is 58.3 Å². The second-order valence-corrected chi connectivity index (χ2v) is 6.14. The monoisotopic (exact) mass is 238 g/mol. The molecule has 0 heterocycles. The second-order valence-electron chi connectivity index (χ2n) is 6.14. The zero-order valence-corrected chi connectivity index (χ0v) is 11.5. The van der Waals surface area contributed by atoms with Crippen LogP contribution >= 0.6 is 0 Å². The van der Waals surface area contributed by atoms with Crippen molar-refractivity contribution in [1.29, 1.82) is 0 Å². The molecule has 2 rings (SSSR count). The van der Waals surface area contributed by atoms with Crippen molar-refractivity contribution >= 4 is 0 Å². The number of hydrogen-bond donors (Lipinski definition) is 1. The standard InChI is InChI=1S/C15H30N2/c1-2-10-17(12-13-8-9-13)15-7-5-3-4-6-14(15)11-16/h13-15H,2-12,16H2,1H3. The normalized spacial score (nSPS) is 30.5. The summed E-state index contributed by atoms with van der Waals surface area (Å²) < 4.78 is 0. The molecule has 2 atom stereocenters. The molecule has 2 nitrogen and oxygen atoms in total. The van der Waals surface area contributed by atoms with E-state index in [2.05, 4.69) is 11.8 Å². The summed E-state index contributed by atoms with van der Waals surface area (Å²) in [5, 5.41) is 0. The van der Waals surface area contributed by atoms with Crippen molar-refractivity contribution in [2.45, 2.75) is 64.3 Å². The van der Waals surface area contributed by atoms with E-state index in [9.17, 15) is 0 Å². The fourth-order valence-corrected chi connectivity index (χ4v) is 3.43. The minimum Gasteiger partial charge on any atom is -0.330 e. The summed E-state index contributed by atoms with van der Waals surface area (Å²) in [4.78, 5) is 2.79. The van der Waals surface area contributed by atoms with E-state index in [1.54, 1.807) is 0 Å². The molecule has 2 aliphatic rings. The first-order valence-corrected chi connectivity index (χ1v) is 7.79. The van der Waals surface area contributed by atoms with E-state index in [0.29, 0.717) is 0 Å². The van der Waals surface area contributed by atoms with E-state index in [4.69, 9.17) is 5.73 Å². The van der Waals surface area contributed by atoms with E-state index < -0.39 is 0 Å². The Labute approximate surface area is 107 Å². The molecule has 0 bridgehead atoms. The highest BCUT2D eigenvalue weighted by molar-refractivity contribution is 4.86. The summed E-state index contributed by atoms with van der Waals surface area (Å²) in [7, 11) is 0. The third kappa shape index (κ3) is 3.96. The summed E-state index contributed by atoms with van der Waals surface area (Å²) >= 11 is 0. The molecule has 0 saturated heterocycles. The molecule has 0 aliphatic heterocycles. The lowest BCUT2D eigenvalue weighted by atomic mass is 9.93. The minimum absolute atomic E-state index is 0.766. The summed E-state index contributed by atoms with van der Waals surface area (Å²) in [5.41, 5.74) is 6.02. The predicted octanol–water partition coefficient (Wildman–Crippen LogP) is 3.02. The summed E-state index contributed by atoms with van der Waals surface area (Å²) in [6, 6.07) is 0.794. The van der Waals surface area contributed by atoms with Gasteiger partial charge < -0.3 is 5.73 Å². The first-order valence-electron chi connectivity index (χ1n) is 7.79. The van der Waals surface area contributed by atoms with E-state index in [1.165, 1.54) is 64.5 Å². The van der Waals surface area contributed by atoms with E-state index in [1.807, 2.05) is 0 Å². The first kappa shape index (κ1) is 13.4. The molecule has 0 aromatic heterocycles. The number of nitrogens with zero attached hydrogens (tertiary/aromatic N) is 1. The molecule has 2 heteroatoms. The summed E-state index contributed by atoms with van der Waals surface area (Å²) in [5.74, 6) is 1.78. The maximum atomic E-state index is 6.02. The van der Waals surface area contributed by atoms with Crippen LogP contribution in [-0.4, -0.2) is 30.6 Å². The van der Waals surface area contributed by atoms with Crippen molar-refractivity contribution in [3.05, 3.63) is 0 Å². The van der Waals surface area contributed by atoms with E-state index >= 15 is 0 Å². The summed E-state index contributed by atoms with van der Waals surface area (Å²) in [6.45, 7) is 5.86. The van der Waals surface area contributed by atoms with Crippen LogP contribution < -0.4 is 5.73 Å². The van der Waals surface area contributed by atoms with Crippen molar-refractivity contribution in [3.63, 3.8) is 0 Å². The van der Waals surface area contributed by atoms with Crippen LogP contribution in [0.4, 0.5) is 0 Å². The van der Waals surface area contributed by atoms with E-state index in [0.717, 1.165) is 24.4 Å². The molecule has 100 valence electrons. The van der Waals surface area contributed by atoms with Crippen LogP contribution in [-0.2, 0) is 0 Å². The fourth-order valence-electron chi connectivity index (χ4n) is 3.43. The lowest BCUT2D eigenvalue weighted by Gasteiger charge is -2.36. The first-order chi connectivity index (χ1) is 8.35. The fraction of sp³-hybridized carbons (Fsp3) is 1.00. The number of nitrogens with two attached hydrogens (primary N) is 1. The van der Waals surface area contributed by atoms with Gasteiger partial charge in [0.1, 0.15) is 0 Å².